The molecule has 4 rings (SSSR count). The van der Waals surface area contributed by atoms with Gasteiger partial charge in [0, 0.05) is 4.88 Å². The molecule has 0 spiro atoms. The number of aromatic nitrogens is 3. The Kier molecular flexibility index (Phi) is 5.78. The molecule has 0 atom stereocenters. The largest absolute Gasteiger partial charge is 0.457 e. The van der Waals surface area contributed by atoms with E-state index in [4.69, 9.17) is 4.74 Å². The van der Waals surface area contributed by atoms with E-state index in [0.29, 0.717) is 16.0 Å². The van der Waals surface area contributed by atoms with Crippen molar-refractivity contribution in [2.45, 2.75) is 39.2 Å². The number of rotatable bonds is 6. The van der Waals surface area contributed by atoms with Crippen molar-refractivity contribution in [3.8, 4) is 0 Å². The molecule has 1 aliphatic rings. The highest BCUT2D eigenvalue weighted by Crippen LogP contribution is 2.33. The van der Waals surface area contributed by atoms with Crippen LogP contribution in [-0.4, -0.2) is 33.0 Å². The van der Waals surface area contributed by atoms with E-state index < -0.39 is 11.9 Å². The quantitative estimate of drug-likeness (QED) is 0.463. The summed E-state index contributed by atoms with van der Waals surface area (Å²) in [6.07, 6.45) is 6.95. The molecule has 0 radical (unpaired) electrons. The summed E-state index contributed by atoms with van der Waals surface area (Å²) in [6, 6.07) is 0. The van der Waals surface area contributed by atoms with E-state index in [9.17, 15) is 14.4 Å². The normalized spacial score (nSPS) is 13.1. The van der Waals surface area contributed by atoms with E-state index >= 15 is 0 Å². The number of fused-ring (bicyclic) bond motifs is 3. The van der Waals surface area contributed by atoms with Crippen LogP contribution in [0.15, 0.2) is 23.8 Å². The highest BCUT2D eigenvalue weighted by atomic mass is 32.1. The minimum Gasteiger partial charge on any atom is -0.457 e. The Labute approximate surface area is 180 Å². The average molecular weight is 445 g/mol. The molecule has 0 unspecified atom stereocenters. The summed E-state index contributed by atoms with van der Waals surface area (Å²) < 4.78 is 6.33. The number of nitrogens with one attached hydrogen (secondary N) is 1. The molecule has 0 fully saturated rings. The number of aryl methyl sites for hydroxylation is 3. The number of hydrogen-bond donors (Lipinski definition) is 1. The van der Waals surface area contributed by atoms with Gasteiger partial charge < -0.3 is 10.1 Å². The molecule has 3 aromatic rings. The Hall–Kier alpha value is -2.85. The van der Waals surface area contributed by atoms with Crippen molar-refractivity contribution >= 4 is 49.9 Å². The van der Waals surface area contributed by atoms with Gasteiger partial charge in [-0.3, -0.25) is 14.2 Å². The van der Waals surface area contributed by atoms with Crippen LogP contribution >= 0.6 is 22.7 Å². The molecule has 10 heteroatoms. The molecule has 8 nitrogen and oxygen atoms in total. The molecular weight excluding hydrogens is 424 g/mol. The summed E-state index contributed by atoms with van der Waals surface area (Å²) in [7, 11) is 0. The zero-order chi connectivity index (χ0) is 21.3. The van der Waals surface area contributed by atoms with E-state index in [2.05, 4.69) is 21.9 Å². The highest BCUT2D eigenvalue weighted by molar-refractivity contribution is 7.18. The SMILES string of the molecule is C=CCOC(=O)c1sc(NC(=O)Cn2cnc3sc4c(c3c2=O)CCCC4)nc1C. The maximum atomic E-state index is 13.0. The fourth-order valence-electron chi connectivity index (χ4n) is 3.45. The van der Waals surface area contributed by atoms with E-state index in [1.807, 2.05) is 0 Å². The van der Waals surface area contributed by atoms with Gasteiger partial charge in [-0.2, -0.15) is 0 Å². The number of anilines is 1. The van der Waals surface area contributed by atoms with Crippen molar-refractivity contribution in [2.75, 3.05) is 11.9 Å². The van der Waals surface area contributed by atoms with Crippen LogP contribution in [0.3, 0.4) is 0 Å². The van der Waals surface area contributed by atoms with Crippen LogP contribution in [0.1, 0.15) is 38.6 Å². The topological polar surface area (TPSA) is 103 Å². The standard InChI is InChI=1S/C20H20N4O4S2/c1-3-8-28-19(27)16-11(2)22-20(30-16)23-14(25)9-24-10-21-17-15(18(24)26)12-6-4-5-7-13(12)29-17/h3,10H,1,4-9H2,2H3,(H,22,23,25). The average Bonchev–Trinajstić information content (AvgIpc) is 3.28. The number of thiazole rings is 1. The number of hydrogen-bond acceptors (Lipinski definition) is 8. The van der Waals surface area contributed by atoms with Gasteiger partial charge in [0.2, 0.25) is 5.91 Å². The molecule has 3 aromatic heterocycles. The maximum Gasteiger partial charge on any atom is 0.350 e. The fourth-order valence-corrected chi connectivity index (χ4v) is 5.54. The summed E-state index contributed by atoms with van der Waals surface area (Å²) in [4.78, 5) is 48.4. The molecule has 0 saturated heterocycles. The number of carbonyl (C=O) groups excluding carboxylic acids is 2. The number of thiophene rings is 1. The van der Waals surface area contributed by atoms with Gasteiger partial charge in [0.25, 0.3) is 5.56 Å². The lowest BCUT2D eigenvalue weighted by Crippen LogP contribution is -2.28. The molecular formula is C20H20N4O4S2. The van der Waals surface area contributed by atoms with Crippen molar-refractivity contribution in [3.63, 3.8) is 0 Å². The van der Waals surface area contributed by atoms with Crippen LogP contribution in [-0.2, 0) is 28.9 Å². The van der Waals surface area contributed by atoms with E-state index in [0.717, 1.165) is 47.4 Å². The number of esters is 1. The van der Waals surface area contributed by atoms with Gasteiger partial charge in [-0.25, -0.2) is 14.8 Å². The van der Waals surface area contributed by atoms with Gasteiger partial charge in [0.05, 0.1) is 17.4 Å². The van der Waals surface area contributed by atoms with Crippen LogP contribution in [0.4, 0.5) is 5.13 Å². The van der Waals surface area contributed by atoms with E-state index in [-0.39, 0.29) is 23.8 Å². The van der Waals surface area contributed by atoms with Crippen LogP contribution in [0.5, 0.6) is 0 Å². The van der Waals surface area contributed by atoms with Crippen molar-refractivity contribution in [3.05, 3.63) is 50.3 Å². The van der Waals surface area contributed by atoms with Gasteiger partial charge in [-0.1, -0.05) is 24.0 Å². The lowest BCUT2D eigenvalue weighted by atomic mass is 9.97. The van der Waals surface area contributed by atoms with Crippen LogP contribution in [0.2, 0.25) is 0 Å². The van der Waals surface area contributed by atoms with E-state index in [1.165, 1.54) is 21.8 Å². The third kappa shape index (κ3) is 3.92. The van der Waals surface area contributed by atoms with Crippen molar-refractivity contribution < 1.29 is 14.3 Å². The number of amides is 1. The zero-order valence-corrected chi connectivity index (χ0v) is 18.0. The lowest BCUT2D eigenvalue weighted by molar-refractivity contribution is -0.116. The Morgan fingerprint density at radius 1 is 1.33 bits per heavy atom. The number of carbonyl (C=O) groups is 2. The third-order valence-corrected chi connectivity index (χ3v) is 7.07. The Morgan fingerprint density at radius 3 is 2.93 bits per heavy atom. The lowest BCUT2D eigenvalue weighted by Gasteiger charge is -2.10. The molecule has 1 amide bonds. The molecule has 156 valence electrons. The highest BCUT2D eigenvalue weighted by Gasteiger charge is 2.21. The zero-order valence-electron chi connectivity index (χ0n) is 16.4. The summed E-state index contributed by atoms with van der Waals surface area (Å²) in [5.74, 6) is -0.930. The summed E-state index contributed by atoms with van der Waals surface area (Å²) in [6.45, 7) is 5.09. The predicted octanol–water partition coefficient (Wildman–Crippen LogP) is 3.08. The van der Waals surface area contributed by atoms with Crippen LogP contribution in [0, 0.1) is 6.92 Å². The first-order chi connectivity index (χ1) is 14.5. The smallest absolute Gasteiger partial charge is 0.350 e. The van der Waals surface area contributed by atoms with Crippen LogP contribution in [0.25, 0.3) is 10.2 Å². The Bertz CT molecular complexity index is 1210. The van der Waals surface area contributed by atoms with E-state index in [1.54, 1.807) is 18.3 Å². The predicted molar refractivity (Wildman–Crippen MR) is 116 cm³/mol. The second kappa shape index (κ2) is 8.49. The molecule has 0 saturated carbocycles. The molecule has 0 bridgehead atoms. The monoisotopic (exact) mass is 444 g/mol. The molecule has 1 N–H and O–H groups in total. The number of nitrogens with zero attached hydrogens (tertiary/aromatic N) is 3. The Balaban J connectivity index is 1.51. The third-order valence-electron chi connectivity index (χ3n) is 4.82. The molecule has 30 heavy (non-hydrogen) atoms. The first-order valence-electron chi connectivity index (χ1n) is 9.53. The van der Waals surface area contributed by atoms with Crippen molar-refractivity contribution in [1.82, 2.24) is 14.5 Å². The summed E-state index contributed by atoms with van der Waals surface area (Å²) in [5.41, 5.74) is 1.36. The second-order valence-corrected chi connectivity index (χ2v) is 9.02. The van der Waals surface area contributed by atoms with Gasteiger partial charge in [0.15, 0.2) is 5.13 Å². The Morgan fingerprint density at radius 2 is 2.13 bits per heavy atom. The molecule has 0 aromatic carbocycles. The van der Waals surface area contributed by atoms with Gasteiger partial charge in [0.1, 0.15) is 22.9 Å². The molecule has 3 heterocycles. The minimum atomic E-state index is -0.515. The minimum absolute atomic E-state index is 0.0997. The van der Waals surface area contributed by atoms with Gasteiger partial charge in [-0.15, -0.1) is 11.3 Å². The fraction of sp³-hybridized carbons (Fsp3) is 0.350. The van der Waals surface area contributed by atoms with Gasteiger partial charge >= 0.3 is 5.97 Å². The van der Waals surface area contributed by atoms with Crippen molar-refractivity contribution in [1.29, 1.82) is 0 Å². The van der Waals surface area contributed by atoms with Gasteiger partial charge in [-0.05, 0) is 38.2 Å². The molecule has 1 aliphatic carbocycles. The second-order valence-electron chi connectivity index (χ2n) is 6.94. The molecule has 0 aliphatic heterocycles. The van der Waals surface area contributed by atoms with Crippen molar-refractivity contribution in [2.24, 2.45) is 0 Å². The van der Waals surface area contributed by atoms with Crippen LogP contribution < -0.4 is 10.9 Å². The first kappa shape index (κ1) is 20.4. The number of ether oxygens (including phenoxy) is 1. The summed E-state index contributed by atoms with van der Waals surface area (Å²) in [5, 5.41) is 3.57. The maximum absolute atomic E-state index is 13.0. The summed E-state index contributed by atoms with van der Waals surface area (Å²) >= 11 is 2.60. The first-order valence-corrected chi connectivity index (χ1v) is 11.2.